The molecule has 3 aromatic rings. The standard InChI is InChI=1S/C21H22N2O2S/c1-13-8-9-16(10-14(13)2)19-12-26-21(23-19)20(22-15(3)24)17-6-5-7-18(11-17)25-4/h5-12,20H,1-4H3,(H,22,24). The van der Waals surface area contributed by atoms with Crippen LogP contribution in [0.2, 0.25) is 0 Å². The van der Waals surface area contributed by atoms with E-state index >= 15 is 0 Å². The molecule has 5 heteroatoms. The van der Waals surface area contributed by atoms with Gasteiger partial charge in [-0.25, -0.2) is 4.98 Å². The van der Waals surface area contributed by atoms with E-state index in [1.807, 2.05) is 29.6 Å². The molecule has 2 aromatic carbocycles. The van der Waals surface area contributed by atoms with Crippen molar-refractivity contribution in [3.63, 3.8) is 0 Å². The van der Waals surface area contributed by atoms with E-state index < -0.39 is 0 Å². The average Bonchev–Trinajstić information content (AvgIpc) is 3.11. The van der Waals surface area contributed by atoms with Gasteiger partial charge >= 0.3 is 0 Å². The summed E-state index contributed by atoms with van der Waals surface area (Å²) in [5.74, 6) is 0.657. The smallest absolute Gasteiger partial charge is 0.217 e. The lowest BCUT2D eigenvalue weighted by Gasteiger charge is -2.16. The molecule has 0 aliphatic rings. The molecule has 1 N–H and O–H groups in total. The van der Waals surface area contributed by atoms with Crippen LogP contribution in [-0.4, -0.2) is 18.0 Å². The van der Waals surface area contributed by atoms with Gasteiger partial charge in [0.2, 0.25) is 5.91 Å². The van der Waals surface area contributed by atoms with Gasteiger partial charge in [-0.1, -0.05) is 24.3 Å². The average molecular weight is 366 g/mol. The molecule has 0 saturated carbocycles. The number of methoxy groups -OCH3 is 1. The highest BCUT2D eigenvalue weighted by atomic mass is 32.1. The maximum absolute atomic E-state index is 11.7. The van der Waals surface area contributed by atoms with Gasteiger partial charge in [0.05, 0.1) is 12.8 Å². The van der Waals surface area contributed by atoms with Gasteiger partial charge < -0.3 is 10.1 Å². The molecule has 0 aliphatic carbocycles. The molecule has 0 aliphatic heterocycles. The van der Waals surface area contributed by atoms with E-state index in [-0.39, 0.29) is 11.9 Å². The fourth-order valence-corrected chi connectivity index (χ4v) is 3.67. The van der Waals surface area contributed by atoms with Gasteiger partial charge in [-0.3, -0.25) is 4.79 Å². The van der Waals surface area contributed by atoms with Crippen molar-refractivity contribution in [1.29, 1.82) is 0 Å². The lowest BCUT2D eigenvalue weighted by Crippen LogP contribution is -2.26. The third-order valence-corrected chi connectivity index (χ3v) is 5.26. The molecule has 0 spiro atoms. The Labute approximate surface area is 157 Å². The Kier molecular flexibility index (Phi) is 5.38. The van der Waals surface area contributed by atoms with Crippen LogP contribution in [0.1, 0.15) is 34.7 Å². The molecule has 1 unspecified atom stereocenters. The Bertz CT molecular complexity index is 933. The minimum absolute atomic E-state index is 0.0965. The Morgan fingerprint density at radius 2 is 1.96 bits per heavy atom. The first kappa shape index (κ1) is 18.1. The topological polar surface area (TPSA) is 51.2 Å². The Hall–Kier alpha value is -2.66. The van der Waals surface area contributed by atoms with E-state index in [9.17, 15) is 4.79 Å². The van der Waals surface area contributed by atoms with Crippen LogP contribution < -0.4 is 10.1 Å². The van der Waals surface area contributed by atoms with Crippen molar-refractivity contribution in [2.45, 2.75) is 26.8 Å². The van der Waals surface area contributed by atoms with Crippen LogP contribution >= 0.6 is 11.3 Å². The highest BCUT2D eigenvalue weighted by Crippen LogP contribution is 2.31. The summed E-state index contributed by atoms with van der Waals surface area (Å²) in [7, 11) is 1.63. The summed E-state index contributed by atoms with van der Waals surface area (Å²) in [5.41, 5.74) is 5.45. The van der Waals surface area contributed by atoms with Gasteiger partial charge in [0, 0.05) is 17.9 Å². The number of aromatic nitrogens is 1. The number of nitrogens with one attached hydrogen (secondary N) is 1. The van der Waals surface area contributed by atoms with Crippen molar-refractivity contribution in [2.75, 3.05) is 7.11 Å². The summed E-state index contributed by atoms with van der Waals surface area (Å²) >= 11 is 1.55. The van der Waals surface area contributed by atoms with E-state index in [4.69, 9.17) is 9.72 Å². The number of ether oxygens (including phenoxy) is 1. The van der Waals surface area contributed by atoms with Crippen LogP contribution in [0.3, 0.4) is 0 Å². The summed E-state index contributed by atoms with van der Waals surface area (Å²) in [6.07, 6.45) is 0. The van der Waals surface area contributed by atoms with E-state index in [0.717, 1.165) is 27.6 Å². The molecule has 3 rings (SSSR count). The van der Waals surface area contributed by atoms with Crippen molar-refractivity contribution < 1.29 is 9.53 Å². The second-order valence-corrected chi connectivity index (χ2v) is 7.17. The fourth-order valence-electron chi connectivity index (χ4n) is 2.77. The highest BCUT2D eigenvalue weighted by molar-refractivity contribution is 7.10. The highest BCUT2D eigenvalue weighted by Gasteiger charge is 2.20. The number of benzene rings is 2. The summed E-state index contributed by atoms with van der Waals surface area (Å²) in [6, 6.07) is 13.7. The van der Waals surface area contributed by atoms with Crippen LogP contribution in [0.4, 0.5) is 0 Å². The minimum atomic E-state index is -0.298. The first-order chi connectivity index (χ1) is 12.5. The Morgan fingerprint density at radius 3 is 2.65 bits per heavy atom. The zero-order valence-corrected chi connectivity index (χ0v) is 16.2. The number of aryl methyl sites for hydroxylation is 2. The first-order valence-electron chi connectivity index (χ1n) is 8.42. The second-order valence-electron chi connectivity index (χ2n) is 6.28. The molecular weight excluding hydrogens is 344 g/mol. The van der Waals surface area contributed by atoms with Gasteiger partial charge in [-0.05, 0) is 48.7 Å². The van der Waals surface area contributed by atoms with Crippen LogP contribution in [0, 0.1) is 13.8 Å². The normalized spacial score (nSPS) is 11.8. The van der Waals surface area contributed by atoms with Crippen LogP contribution in [0.5, 0.6) is 5.75 Å². The van der Waals surface area contributed by atoms with E-state index in [2.05, 4.69) is 37.4 Å². The summed E-state index contributed by atoms with van der Waals surface area (Å²) in [4.78, 5) is 16.5. The number of nitrogens with zero attached hydrogens (tertiary/aromatic N) is 1. The van der Waals surface area contributed by atoms with E-state index in [1.165, 1.54) is 18.1 Å². The third kappa shape index (κ3) is 3.94. The van der Waals surface area contributed by atoms with Crippen molar-refractivity contribution in [3.05, 3.63) is 69.5 Å². The van der Waals surface area contributed by atoms with Crippen molar-refractivity contribution >= 4 is 17.2 Å². The molecule has 0 bridgehead atoms. The maximum Gasteiger partial charge on any atom is 0.217 e. The molecule has 0 saturated heterocycles. The number of rotatable bonds is 5. The summed E-state index contributed by atoms with van der Waals surface area (Å²) < 4.78 is 5.32. The van der Waals surface area contributed by atoms with Gasteiger partial charge in [0.1, 0.15) is 16.8 Å². The minimum Gasteiger partial charge on any atom is -0.497 e. The maximum atomic E-state index is 11.7. The van der Waals surface area contributed by atoms with Gasteiger partial charge in [-0.2, -0.15) is 0 Å². The van der Waals surface area contributed by atoms with Gasteiger partial charge in [-0.15, -0.1) is 11.3 Å². The predicted octanol–water partition coefficient (Wildman–Crippen LogP) is 4.66. The molecule has 1 heterocycles. The molecule has 134 valence electrons. The van der Waals surface area contributed by atoms with Crippen LogP contribution in [0.25, 0.3) is 11.3 Å². The molecule has 26 heavy (non-hydrogen) atoms. The van der Waals surface area contributed by atoms with Gasteiger partial charge in [0.25, 0.3) is 0 Å². The van der Waals surface area contributed by atoms with Crippen molar-refractivity contribution in [3.8, 4) is 17.0 Å². The summed E-state index contributed by atoms with van der Waals surface area (Å²) in [6.45, 7) is 5.72. The number of carbonyl (C=O) groups is 1. The monoisotopic (exact) mass is 366 g/mol. The third-order valence-electron chi connectivity index (χ3n) is 4.35. The van der Waals surface area contributed by atoms with Crippen LogP contribution in [-0.2, 0) is 4.79 Å². The predicted molar refractivity (Wildman–Crippen MR) is 106 cm³/mol. The van der Waals surface area contributed by atoms with Crippen molar-refractivity contribution in [1.82, 2.24) is 10.3 Å². The molecule has 1 aromatic heterocycles. The molecule has 0 radical (unpaired) electrons. The number of carbonyl (C=O) groups excluding carboxylic acids is 1. The zero-order valence-electron chi connectivity index (χ0n) is 15.4. The number of hydrogen-bond donors (Lipinski definition) is 1. The first-order valence-corrected chi connectivity index (χ1v) is 9.30. The lowest BCUT2D eigenvalue weighted by atomic mass is 10.0. The molecular formula is C21H22N2O2S. The number of amides is 1. The van der Waals surface area contributed by atoms with E-state index in [0.29, 0.717) is 0 Å². The SMILES string of the molecule is COc1cccc(C(NC(C)=O)c2nc(-c3ccc(C)c(C)c3)cs2)c1. The zero-order chi connectivity index (χ0) is 18.7. The number of hydrogen-bond acceptors (Lipinski definition) is 4. The fraction of sp³-hybridized carbons (Fsp3) is 0.238. The molecule has 1 atom stereocenters. The van der Waals surface area contributed by atoms with Crippen molar-refractivity contribution in [2.24, 2.45) is 0 Å². The molecule has 0 fully saturated rings. The lowest BCUT2D eigenvalue weighted by molar-refractivity contribution is -0.119. The largest absolute Gasteiger partial charge is 0.497 e. The van der Waals surface area contributed by atoms with Gasteiger partial charge in [0.15, 0.2) is 0 Å². The summed E-state index contributed by atoms with van der Waals surface area (Å²) in [5, 5.41) is 5.89. The quantitative estimate of drug-likeness (QED) is 0.714. The molecule has 1 amide bonds. The van der Waals surface area contributed by atoms with E-state index in [1.54, 1.807) is 18.4 Å². The number of thiazole rings is 1. The Morgan fingerprint density at radius 1 is 1.15 bits per heavy atom. The Balaban J connectivity index is 1.98. The van der Waals surface area contributed by atoms with Crippen LogP contribution in [0.15, 0.2) is 47.8 Å². The second kappa shape index (κ2) is 7.70. The molecule has 4 nitrogen and oxygen atoms in total.